The van der Waals surface area contributed by atoms with Crippen LogP contribution in [0.4, 0.5) is 17.3 Å². The number of carboxylic acids is 1. The van der Waals surface area contributed by atoms with Crippen molar-refractivity contribution in [2.75, 3.05) is 19.8 Å². The van der Waals surface area contributed by atoms with Crippen molar-refractivity contribution in [3.05, 3.63) is 0 Å². The third kappa shape index (κ3) is 9.10. The summed E-state index contributed by atoms with van der Waals surface area (Å²) in [7, 11) is -6.00. The average molecular weight is 307 g/mol. The lowest BCUT2D eigenvalue weighted by molar-refractivity contribution is -0.279. The molecule has 0 aliphatic heterocycles. The highest BCUT2D eigenvalue weighted by atomic mass is 19.5. The molecule has 0 aromatic carbocycles. The molecular weight excluding hydrogens is 287 g/mol. The first-order valence-electron chi connectivity index (χ1n) is 6.05. The van der Waals surface area contributed by atoms with Gasteiger partial charge in [0.2, 0.25) is 0 Å². The van der Waals surface area contributed by atoms with Crippen molar-refractivity contribution < 1.29 is 41.4 Å². The fourth-order valence-electron chi connectivity index (χ4n) is 1.36. The van der Waals surface area contributed by atoms with Gasteiger partial charge in [-0.05, 0) is 27.7 Å². The number of hydrogen-bond donors (Lipinski definition) is 1. The molecule has 0 saturated carbocycles. The van der Waals surface area contributed by atoms with Crippen molar-refractivity contribution in [2.45, 2.75) is 39.6 Å². The third-order valence-electron chi connectivity index (χ3n) is 1.97. The smallest absolute Gasteiger partial charge is 0.477 e. The molecule has 1 N–H and O–H groups in total. The summed E-state index contributed by atoms with van der Waals surface area (Å²) in [5, 5.41) is 9.15. The molecule has 0 heterocycles. The topological polar surface area (TPSA) is 65.0 Å². The van der Waals surface area contributed by atoms with Crippen molar-refractivity contribution in [1.82, 2.24) is 0 Å². The summed E-state index contributed by atoms with van der Waals surface area (Å²) in [5.74, 6) is -2.85. The average Bonchev–Trinajstić information content (AvgIpc) is 2.26. The summed E-state index contributed by atoms with van der Waals surface area (Å²) in [6, 6.07) is 0. The Kier molecular flexibility index (Phi) is 10.7. The van der Waals surface area contributed by atoms with Crippen molar-refractivity contribution in [1.29, 1.82) is 0 Å². The maximum atomic E-state index is 11.2. The van der Waals surface area contributed by atoms with Crippen LogP contribution in [0.5, 0.6) is 0 Å². The van der Waals surface area contributed by atoms with Gasteiger partial charge in [0.05, 0.1) is 0 Å². The number of hydrogen-bond acceptors (Lipinski definition) is 4. The molecule has 5 nitrogen and oxygen atoms in total. The molecule has 0 bridgehead atoms. The van der Waals surface area contributed by atoms with E-state index in [1.807, 2.05) is 0 Å². The number of carboxylic acid groups (broad SMARTS) is 1. The first kappa shape index (κ1) is 21.4. The lowest BCUT2D eigenvalue weighted by Gasteiger charge is -2.33. The van der Waals surface area contributed by atoms with E-state index in [4.69, 9.17) is 19.3 Å². The van der Waals surface area contributed by atoms with Gasteiger partial charge >= 0.3 is 13.2 Å². The van der Waals surface area contributed by atoms with E-state index < -0.39 is 25.1 Å². The second-order valence-electron chi connectivity index (χ2n) is 3.43. The monoisotopic (exact) mass is 307 g/mol. The molecule has 0 fully saturated rings. The van der Waals surface area contributed by atoms with E-state index in [1.165, 1.54) is 0 Å². The molecule has 122 valence electrons. The largest absolute Gasteiger partial charge is 0.673 e. The lowest BCUT2D eigenvalue weighted by atomic mass is 10.1. The van der Waals surface area contributed by atoms with E-state index in [9.17, 15) is 22.1 Å². The maximum Gasteiger partial charge on any atom is 0.673 e. The zero-order valence-corrected chi connectivity index (χ0v) is 11.9. The predicted molar refractivity (Wildman–Crippen MR) is 64.9 cm³/mol. The molecule has 0 spiro atoms. The van der Waals surface area contributed by atoms with Crippen LogP contribution in [-0.2, 0) is 19.0 Å². The van der Waals surface area contributed by atoms with E-state index in [0.717, 1.165) is 0 Å². The van der Waals surface area contributed by atoms with Crippen LogP contribution in [0.1, 0.15) is 27.7 Å². The van der Waals surface area contributed by atoms with Crippen LogP contribution in [-0.4, -0.2) is 50.0 Å². The van der Waals surface area contributed by atoms with Gasteiger partial charge in [0.15, 0.2) is 0 Å². The lowest BCUT2D eigenvalue weighted by Crippen LogP contribution is -2.54. The molecule has 10 heteroatoms. The number of halogens is 4. The molecule has 0 aromatic heterocycles. The molecule has 0 amide bonds. The van der Waals surface area contributed by atoms with Crippen LogP contribution < -0.4 is 0 Å². The molecule has 20 heavy (non-hydrogen) atoms. The second-order valence-corrected chi connectivity index (χ2v) is 3.43. The summed E-state index contributed by atoms with van der Waals surface area (Å²) in [6.45, 7) is 7.78. The second kappa shape index (κ2) is 9.95. The van der Waals surface area contributed by atoms with Gasteiger partial charge in [-0.2, -0.15) is 0 Å². The summed E-state index contributed by atoms with van der Waals surface area (Å²) in [6.07, 6.45) is -0.653. The van der Waals surface area contributed by atoms with E-state index >= 15 is 0 Å². The Hall–Kier alpha value is -0.865. The fourth-order valence-corrected chi connectivity index (χ4v) is 1.36. The molecule has 1 unspecified atom stereocenters. The summed E-state index contributed by atoms with van der Waals surface area (Å²) in [5.41, 5.74) is 0. The van der Waals surface area contributed by atoms with Gasteiger partial charge in [0.1, 0.15) is 6.10 Å². The van der Waals surface area contributed by atoms with E-state index in [1.54, 1.807) is 27.7 Å². The van der Waals surface area contributed by atoms with Gasteiger partial charge in [-0.15, -0.1) is 0 Å². The standard InChI is InChI=1S/C10H20O5.BF4/c1-5-13-8(4)10(9(11)12,14-6-2)15-7-3;2-1(3,4)5/h8H,5-7H2,1-4H3,(H,11,12);/q;-1. The molecule has 1 atom stereocenters. The Labute approximate surface area is 115 Å². The highest BCUT2D eigenvalue weighted by molar-refractivity contribution is 6.50. The highest BCUT2D eigenvalue weighted by Gasteiger charge is 2.47. The summed E-state index contributed by atoms with van der Waals surface area (Å²) >= 11 is 0. The Morgan fingerprint density at radius 1 is 1.10 bits per heavy atom. The van der Waals surface area contributed by atoms with Crippen LogP contribution in [0.25, 0.3) is 0 Å². The highest BCUT2D eigenvalue weighted by Crippen LogP contribution is 2.21. The first-order chi connectivity index (χ1) is 9.05. The zero-order valence-electron chi connectivity index (χ0n) is 11.9. The van der Waals surface area contributed by atoms with Gasteiger partial charge in [-0.3, -0.25) is 0 Å². The Balaban J connectivity index is 0. The molecule has 0 aliphatic rings. The Morgan fingerprint density at radius 3 is 1.65 bits per heavy atom. The minimum atomic E-state index is -6.00. The third-order valence-corrected chi connectivity index (χ3v) is 1.97. The number of rotatable bonds is 8. The van der Waals surface area contributed by atoms with Crippen LogP contribution in [0, 0.1) is 0 Å². The maximum absolute atomic E-state index is 11.2. The van der Waals surface area contributed by atoms with Crippen molar-refractivity contribution in [2.24, 2.45) is 0 Å². The fraction of sp³-hybridized carbons (Fsp3) is 0.900. The zero-order chi connectivity index (χ0) is 16.4. The van der Waals surface area contributed by atoms with Gasteiger partial charge in [-0.1, -0.05) is 0 Å². The van der Waals surface area contributed by atoms with Crippen LogP contribution in [0.3, 0.4) is 0 Å². The van der Waals surface area contributed by atoms with Crippen molar-refractivity contribution in [3.63, 3.8) is 0 Å². The van der Waals surface area contributed by atoms with E-state index in [0.29, 0.717) is 6.61 Å². The summed E-state index contributed by atoms with van der Waals surface area (Å²) < 4.78 is 54.6. The Bertz CT molecular complexity index is 263. The first-order valence-corrected chi connectivity index (χ1v) is 6.05. The van der Waals surface area contributed by atoms with E-state index in [-0.39, 0.29) is 13.2 Å². The quantitative estimate of drug-likeness (QED) is 0.424. The van der Waals surface area contributed by atoms with Gasteiger partial charge in [0, 0.05) is 19.8 Å². The van der Waals surface area contributed by atoms with Crippen molar-refractivity contribution in [3.8, 4) is 0 Å². The van der Waals surface area contributed by atoms with Crippen LogP contribution >= 0.6 is 0 Å². The van der Waals surface area contributed by atoms with Gasteiger partial charge in [-0.25, -0.2) is 4.79 Å². The van der Waals surface area contributed by atoms with Crippen LogP contribution in [0.2, 0.25) is 0 Å². The molecule has 0 saturated heterocycles. The number of aliphatic carboxylic acids is 1. The minimum absolute atomic E-state index is 0.254. The van der Waals surface area contributed by atoms with Crippen LogP contribution in [0.15, 0.2) is 0 Å². The molecule has 0 radical (unpaired) electrons. The normalized spacial score (nSPS) is 13.4. The molecule has 0 aliphatic carbocycles. The van der Waals surface area contributed by atoms with Gasteiger partial charge < -0.3 is 36.6 Å². The van der Waals surface area contributed by atoms with E-state index in [2.05, 4.69) is 0 Å². The van der Waals surface area contributed by atoms with Gasteiger partial charge in [0.25, 0.3) is 5.79 Å². The number of ether oxygens (including phenoxy) is 3. The molecular formula is C10H20BF4O5-. The van der Waals surface area contributed by atoms with Crippen molar-refractivity contribution >= 4 is 13.2 Å². The molecule has 0 rings (SSSR count). The molecule has 0 aromatic rings. The number of carbonyl (C=O) groups is 1. The predicted octanol–water partition coefficient (Wildman–Crippen LogP) is 2.57. The Morgan fingerprint density at radius 2 is 1.45 bits per heavy atom. The minimum Gasteiger partial charge on any atom is -0.477 e. The SMILES string of the molecule is CCOC(C)C(OCC)(OCC)C(=O)O.F[B-](F)(F)F. The summed E-state index contributed by atoms with van der Waals surface area (Å²) in [4.78, 5) is 11.2.